The Labute approximate surface area is 97.2 Å². The fourth-order valence-corrected chi connectivity index (χ4v) is 2.53. The fraction of sp³-hybridized carbons (Fsp3) is 0.467. The lowest BCUT2D eigenvalue weighted by atomic mass is 9.84. The molecule has 1 heteroatoms. The van der Waals surface area contributed by atoms with Gasteiger partial charge in [0, 0.05) is 5.56 Å². The van der Waals surface area contributed by atoms with Crippen molar-refractivity contribution in [1.29, 1.82) is 0 Å². The Morgan fingerprint density at radius 1 is 1.31 bits per heavy atom. The molecule has 0 amide bonds. The van der Waals surface area contributed by atoms with E-state index in [1.54, 1.807) is 12.1 Å². The minimum atomic E-state index is -0.0808. The van der Waals surface area contributed by atoms with Gasteiger partial charge in [0.15, 0.2) is 0 Å². The maximum absolute atomic E-state index is 13.6. The summed E-state index contributed by atoms with van der Waals surface area (Å²) in [5.74, 6) is 0.739. The number of hydrogen-bond acceptors (Lipinski definition) is 0. The van der Waals surface area contributed by atoms with Crippen molar-refractivity contribution in [2.24, 2.45) is 5.92 Å². The molecule has 0 aliphatic heterocycles. The van der Waals surface area contributed by atoms with Crippen molar-refractivity contribution in [3.05, 3.63) is 41.7 Å². The summed E-state index contributed by atoms with van der Waals surface area (Å²) in [7, 11) is 0. The fourth-order valence-electron chi connectivity index (χ4n) is 2.53. The van der Waals surface area contributed by atoms with Crippen molar-refractivity contribution < 1.29 is 4.39 Å². The zero-order valence-corrected chi connectivity index (χ0v) is 9.88. The largest absolute Gasteiger partial charge is 0.206 e. The summed E-state index contributed by atoms with van der Waals surface area (Å²) in [6.45, 7) is 2.23. The van der Waals surface area contributed by atoms with Crippen LogP contribution in [0.15, 0.2) is 30.3 Å². The van der Waals surface area contributed by atoms with Gasteiger partial charge in [0.2, 0.25) is 0 Å². The van der Waals surface area contributed by atoms with Gasteiger partial charge in [-0.15, -0.1) is 0 Å². The summed E-state index contributed by atoms with van der Waals surface area (Å²) in [5.41, 5.74) is 2.00. The first kappa shape index (κ1) is 11.4. The Morgan fingerprint density at radius 3 is 2.75 bits per heavy atom. The lowest BCUT2D eigenvalue weighted by molar-refractivity contribution is 0.444. The molecule has 0 radical (unpaired) electrons. The first-order chi connectivity index (χ1) is 7.81. The van der Waals surface area contributed by atoms with Gasteiger partial charge in [-0.1, -0.05) is 44.0 Å². The van der Waals surface area contributed by atoms with Crippen LogP contribution in [-0.2, 0) is 0 Å². The number of hydrogen-bond donors (Lipinski definition) is 0. The summed E-state index contributed by atoms with van der Waals surface area (Å²) in [6.07, 6.45) is 8.17. The molecule has 0 heterocycles. The number of rotatable bonds is 3. The summed E-state index contributed by atoms with van der Waals surface area (Å²) in [5, 5.41) is 0. The topological polar surface area (TPSA) is 0 Å². The third-order valence-electron chi connectivity index (χ3n) is 3.44. The first-order valence-electron chi connectivity index (χ1n) is 6.25. The van der Waals surface area contributed by atoms with E-state index in [1.165, 1.54) is 24.8 Å². The van der Waals surface area contributed by atoms with Crippen LogP contribution in [0, 0.1) is 11.7 Å². The molecule has 1 atom stereocenters. The zero-order valence-electron chi connectivity index (χ0n) is 9.88. The van der Waals surface area contributed by atoms with Gasteiger partial charge in [-0.3, -0.25) is 0 Å². The molecular weight excluding hydrogens is 199 g/mol. The van der Waals surface area contributed by atoms with E-state index in [0.29, 0.717) is 0 Å². The molecule has 1 aliphatic rings. The minimum absolute atomic E-state index is 0.0808. The molecule has 0 fully saturated rings. The molecule has 0 nitrogen and oxygen atoms in total. The highest BCUT2D eigenvalue weighted by Crippen LogP contribution is 2.33. The summed E-state index contributed by atoms with van der Waals surface area (Å²) in [6, 6.07) is 7.11. The van der Waals surface area contributed by atoms with Gasteiger partial charge in [-0.25, -0.2) is 4.39 Å². The van der Waals surface area contributed by atoms with E-state index in [4.69, 9.17) is 0 Å². The molecular formula is C15H19F. The van der Waals surface area contributed by atoms with Gasteiger partial charge < -0.3 is 0 Å². The van der Waals surface area contributed by atoms with E-state index >= 15 is 0 Å². The van der Waals surface area contributed by atoms with E-state index in [0.717, 1.165) is 24.3 Å². The van der Waals surface area contributed by atoms with Crippen molar-refractivity contribution in [3.63, 3.8) is 0 Å². The first-order valence-corrected chi connectivity index (χ1v) is 6.25. The average Bonchev–Trinajstić information content (AvgIpc) is 2.31. The van der Waals surface area contributed by atoms with Crippen molar-refractivity contribution in [2.45, 2.75) is 39.0 Å². The highest BCUT2D eigenvalue weighted by Gasteiger charge is 2.16. The van der Waals surface area contributed by atoms with Crippen LogP contribution in [0.5, 0.6) is 0 Å². The van der Waals surface area contributed by atoms with Crippen molar-refractivity contribution >= 4 is 5.57 Å². The van der Waals surface area contributed by atoms with Gasteiger partial charge in [-0.2, -0.15) is 0 Å². The summed E-state index contributed by atoms with van der Waals surface area (Å²) < 4.78 is 13.6. The maximum atomic E-state index is 13.6. The van der Waals surface area contributed by atoms with E-state index in [9.17, 15) is 4.39 Å². The SMILES string of the molecule is CCCC1CC=C(c2ccccc2F)CC1. The predicted octanol–water partition coefficient (Wildman–Crippen LogP) is 4.81. The molecule has 0 saturated carbocycles. The molecule has 1 aliphatic carbocycles. The van der Waals surface area contributed by atoms with Crippen molar-refractivity contribution in [2.75, 3.05) is 0 Å². The zero-order chi connectivity index (χ0) is 11.4. The Morgan fingerprint density at radius 2 is 2.12 bits per heavy atom. The third kappa shape index (κ3) is 2.52. The van der Waals surface area contributed by atoms with E-state index in [1.807, 2.05) is 12.1 Å². The second-order valence-corrected chi connectivity index (χ2v) is 4.64. The molecule has 16 heavy (non-hydrogen) atoms. The van der Waals surface area contributed by atoms with E-state index in [2.05, 4.69) is 13.0 Å². The smallest absolute Gasteiger partial charge is 0.130 e. The van der Waals surface area contributed by atoms with Gasteiger partial charge in [-0.05, 0) is 36.8 Å². The number of halogens is 1. The molecule has 1 aromatic carbocycles. The van der Waals surface area contributed by atoms with Crippen LogP contribution in [0.4, 0.5) is 4.39 Å². The average molecular weight is 218 g/mol. The lowest BCUT2D eigenvalue weighted by Gasteiger charge is -2.21. The molecule has 1 unspecified atom stereocenters. The van der Waals surface area contributed by atoms with Crippen molar-refractivity contribution in [1.82, 2.24) is 0 Å². The molecule has 2 rings (SSSR count). The van der Waals surface area contributed by atoms with Crippen molar-refractivity contribution in [3.8, 4) is 0 Å². The third-order valence-corrected chi connectivity index (χ3v) is 3.44. The van der Waals surface area contributed by atoms with Crippen LogP contribution in [0.1, 0.15) is 44.6 Å². The minimum Gasteiger partial charge on any atom is -0.206 e. The summed E-state index contributed by atoms with van der Waals surface area (Å²) in [4.78, 5) is 0. The maximum Gasteiger partial charge on any atom is 0.130 e. The molecule has 0 saturated heterocycles. The second-order valence-electron chi connectivity index (χ2n) is 4.64. The van der Waals surface area contributed by atoms with Gasteiger partial charge in [0.05, 0.1) is 0 Å². The van der Waals surface area contributed by atoms with E-state index < -0.39 is 0 Å². The molecule has 0 spiro atoms. The molecule has 0 N–H and O–H groups in total. The van der Waals surface area contributed by atoms with Crippen LogP contribution in [-0.4, -0.2) is 0 Å². The van der Waals surface area contributed by atoms with E-state index in [-0.39, 0.29) is 5.82 Å². The monoisotopic (exact) mass is 218 g/mol. The highest BCUT2D eigenvalue weighted by molar-refractivity contribution is 5.66. The summed E-state index contributed by atoms with van der Waals surface area (Å²) >= 11 is 0. The Hall–Kier alpha value is -1.11. The van der Waals surface area contributed by atoms with Gasteiger partial charge >= 0.3 is 0 Å². The molecule has 86 valence electrons. The normalized spacial score (nSPS) is 20.6. The highest BCUT2D eigenvalue weighted by atomic mass is 19.1. The number of allylic oxidation sites excluding steroid dienone is 2. The molecule has 1 aromatic rings. The van der Waals surface area contributed by atoms with Crippen LogP contribution in [0.3, 0.4) is 0 Å². The van der Waals surface area contributed by atoms with Crippen LogP contribution in [0.25, 0.3) is 5.57 Å². The predicted molar refractivity (Wildman–Crippen MR) is 66.6 cm³/mol. The van der Waals surface area contributed by atoms with Crippen LogP contribution in [0.2, 0.25) is 0 Å². The Balaban J connectivity index is 2.10. The quantitative estimate of drug-likeness (QED) is 0.683. The Kier molecular flexibility index (Phi) is 3.76. The standard InChI is InChI=1S/C15H19F/c1-2-5-12-8-10-13(11-9-12)14-6-3-4-7-15(14)16/h3-4,6-7,10,12H,2,5,8-9,11H2,1H3. The number of benzene rings is 1. The molecule has 0 bridgehead atoms. The second kappa shape index (κ2) is 5.29. The van der Waals surface area contributed by atoms with Crippen LogP contribution >= 0.6 is 0 Å². The molecule has 0 aromatic heterocycles. The Bertz CT molecular complexity index is 379. The van der Waals surface area contributed by atoms with Gasteiger partial charge in [0.25, 0.3) is 0 Å². The lowest BCUT2D eigenvalue weighted by Crippen LogP contribution is -2.05. The van der Waals surface area contributed by atoms with Crippen LogP contribution < -0.4 is 0 Å². The van der Waals surface area contributed by atoms with Gasteiger partial charge in [0.1, 0.15) is 5.82 Å².